The van der Waals surface area contributed by atoms with Crippen LogP contribution in [0.25, 0.3) is 0 Å². The van der Waals surface area contributed by atoms with E-state index in [1.54, 1.807) is 39.0 Å². The monoisotopic (exact) mass is 393 g/mol. The number of rotatable bonds is 5. The molecule has 2 atom stereocenters. The fourth-order valence-corrected chi connectivity index (χ4v) is 2.64. The Hall–Kier alpha value is -3.10. The maximum atomic E-state index is 12.4. The highest BCUT2D eigenvalue weighted by Crippen LogP contribution is 2.28. The maximum Gasteiger partial charge on any atom is 0.508 e. The van der Waals surface area contributed by atoms with Crippen molar-refractivity contribution in [2.45, 2.75) is 44.4 Å². The molecule has 1 aromatic carbocycles. The van der Waals surface area contributed by atoms with E-state index in [1.807, 2.05) is 0 Å². The molecule has 0 bridgehead atoms. The molecule has 1 fully saturated rings. The molecule has 1 heterocycles. The van der Waals surface area contributed by atoms with Gasteiger partial charge in [-0.1, -0.05) is 18.2 Å². The van der Waals surface area contributed by atoms with Gasteiger partial charge in [-0.25, -0.2) is 14.4 Å². The number of amides is 1. The van der Waals surface area contributed by atoms with Gasteiger partial charge in [0.15, 0.2) is 0 Å². The Morgan fingerprint density at radius 2 is 1.82 bits per heavy atom. The first-order chi connectivity index (χ1) is 13.1. The largest absolute Gasteiger partial charge is 0.508 e. The van der Waals surface area contributed by atoms with Crippen molar-refractivity contribution >= 4 is 24.0 Å². The molecule has 1 aromatic rings. The molecule has 2 rings (SSSR count). The van der Waals surface area contributed by atoms with Crippen LogP contribution in [0.5, 0.6) is 0 Å². The highest BCUT2D eigenvalue weighted by Gasteiger charge is 2.57. The molecule has 0 aliphatic carbocycles. The second-order valence-electron chi connectivity index (χ2n) is 7.23. The maximum absolute atomic E-state index is 12.4. The van der Waals surface area contributed by atoms with Gasteiger partial charge in [-0.15, -0.1) is 0 Å². The number of benzene rings is 1. The standard InChI is InChI=1S/C19H23NO8/c1-18(2,3)28-17(24)26-11-19(16(23)25-4)13(10-14(21)20-19)27-15(22)12-8-6-5-7-9-12/h5-9,13H,10-11H2,1-4H3,(H,20,21)/t13-,19+/m0/s1. The van der Waals surface area contributed by atoms with Crippen LogP contribution < -0.4 is 5.32 Å². The lowest BCUT2D eigenvalue weighted by Gasteiger charge is -2.31. The number of hydrogen-bond acceptors (Lipinski definition) is 8. The molecule has 1 aliphatic rings. The molecule has 1 amide bonds. The minimum atomic E-state index is -1.87. The van der Waals surface area contributed by atoms with Crippen molar-refractivity contribution in [2.24, 2.45) is 0 Å². The molecule has 152 valence electrons. The number of hydrogen-bond donors (Lipinski definition) is 1. The van der Waals surface area contributed by atoms with Crippen molar-refractivity contribution in [2.75, 3.05) is 13.7 Å². The van der Waals surface area contributed by atoms with Gasteiger partial charge in [0, 0.05) is 0 Å². The zero-order valence-corrected chi connectivity index (χ0v) is 16.1. The van der Waals surface area contributed by atoms with Crippen molar-refractivity contribution in [3.05, 3.63) is 35.9 Å². The summed E-state index contributed by atoms with van der Waals surface area (Å²) in [5.41, 5.74) is -2.44. The van der Waals surface area contributed by atoms with E-state index in [2.05, 4.69) is 5.32 Å². The minimum Gasteiger partial charge on any atom is -0.467 e. The molecule has 1 aliphatic heterocycles. The predicted molar refractivity (Wildman–Crippen MR) is 95.3 cm³/mol. The van der Waals surface area contributed by atoms with Gasteiger partial charge in [0.2, 0.25) is 11.4 Å². The summed E-state index contributed by atoms with van der Waals surface area (Å²) in [5.74, 6) is -2.19. The highest BCUT2D eigenvalue weighted by molar-refractivity contribution is 5.95. The third-order valence-electron chi connectivity index (χ3n) is 3.90. The van der Waals surface area contributed by atoms with E-state index in [-0.39, 0.29) is 12.0 Å². The normalized spacial score (nSPS) is 21.4. The molecule has 1 saturated heterocycles. The van der Waals surface area contributed by atoms with E-state index in [4.69, 9.17) is 18.9 Å². The minimum absolute atomic E-state index is 0.244. The summed E-state index contributed by atoms with van der Waals surface area (Å²) in [4.78, 5) is 48.7. The predicted octanol–water partition coefficient (Wildman–Crippen LogP) is 1.60. The summed E-state index contributed by atoms with van der Waals surface area (Å²) in [5, 5.41) is 2.42. The second kappa shape index (κ2) is 8.28. The Bertz CT molecular complexity index is 755. The number of esters is 2. The Labute approximate surface area is 162 Å². The fraction of sp³-hybridized carbons (Fsp3) is 0.474. The average molecular weight is 393 g/mol. The van der Waals surface area contributed by atoms with Crippen LogP contribution in [0.4, 0.5) is 4.79 Å². The van der Waals surface area contributed by atoms with Crippen LogP contribution in [0.15, 0.2) is 30.3 Å². The summed E-state index contributed by atoms with van der Waals surface area (Å²) >= 11 is 0. The molecular weight excluding hydrogens is 370 g/mol. The molecule has 0 saturated carbocycles. The topological polar surface area (TPSA) is 117 Å². The van der Waals surface area contributed by atoms with Crippen LogP contribution in [-0.2, 0) is 28.5 Å². The molecule has 9 nitrogen and oxygen atoms in total. The summed E-state index contributed by atoms with van der Waals surface area (Å²) in [6.07, 6.45) is -2.56. The third-order valence-corrected chi connectivity index (χ3v) is 3.90. The highest BCUT2D eigenvalue weighted by atomic mass is 16.7. The first-order valence-electron chi connectivity index (χ1n) is 8.58. The first kappa shape index (κ1) is 21.2. The van der Waals surface area contributed by atoms with Crippen LogP contribution in [0.2, 0.25) is 0 Å². The van der Waals surface area contributed by atoms with Gasteiger partial charge in [0.1, 0.15) is 18.3 Å². The molecule has 0 unspecified atom stereocenters. The number of carbonyl (C=O) groups excluding carboxylic acids is 4. The summed E-state index contributed by atoms with van der Waals surface area (Å²) < 4.78 is 20.2. The van der Waals surface area contributed by atoms with Crippen LogP contribution in [0.1, 0.15) is 37.6 Å². The molecule has 1 N–H and O–H groups in total. The van der Waals surface area contributed by atoms with Crippen molar-refractivity contribution in [1.29, 1.82) is 0 Å². The van der Waals surface area contributed by atoms with E-state index in [1.165, 1.54) is 12.1 Å². The molecule has 28 heavy (non-hydrogen) atoms. The third kappa shape index (κ3) is 4.99. The Balaban J connectivity index is 2.21. The quantitative estimate of drug-likeness (QED) is 0.592. The van der Waals surface area contributed by atoms with Crippen molar-refractivity contribution in [3.8, 4) is 0 Å². The smallest absolute Gasteiger partial charge is 0.467 e. The number of methoxy groups -OCH3 is 1. The van der Waals surface area contributed by atoms with E-state index in [0.29, 0.717) is 0 Å². The number of carbonyl (C=O) groups is 4. The fourth-order valence-electron chi connectivity index (χ4n) is 2.64. The van der Waals surface area contributed by atoms with Crippen LogP contribution >= 0.6 is 0 Å². The van der Waals surface area contributed by atoms with Gasteiger partial charge >= 0.3 is 18.1 Å². The summed E-state index contributed by atoms with van der Waals surface area (Å²) in [7, 11) is 1.11. The zero-order chi connectivity index (χ0) is 20.9. The molecular formula is C19H23NO8. The summed E-state index contributed by atoms with van der Waals surface area (Å²) in [6.45, 7) is 4.32. The van der Waals surface area contributed by atoms with Gasteiger partial charge in [0.25, 0.3) is 0 Å². The van der Waals surface area contributed by atoms with Gasteiger partial charge < -0.3 is 24.3 Å². The van der Waals surface area contributed by atoms with Crippen molar-refractivity contribution in [1.82, 2.24) is 5.32 Å². The van der Waals surface area contributed by atoms with Crippen LogP contribution in [0, 0.1) is 0 Å². The first-order valence-corrected chi connectivity index (χ1v) is 8.58. The van der Waals surface area contributed by atoms with Crippen molar-refractivity contribution < 1.29 is 38.1 Å². The number of ether oxygens (including phenoxy) is 4. The van der Waals surface area contributed by atoms with E-state index in [9.17, 15) is 19.2 Å². The van der Waals surface area contributed by atoms with Gasteiger partial charge in [-0.2, -0.15) is 0 Å². The van der Waals surface area contributed by atoms with Crippen LogP contribution in [0.3, 0.4) is 0 Å². The SMILES string of the molecule is COC(=O)[C@]1(COC(=O)OC(C)(C)C)NC(=O)C[C@@H]1OC(=O)c1ccccc1. The molecule has 0 spiro atoms. The zero-order valence-electron chi connectivity index (χ0n) is 16.1. The van der Waals surface area contributed by atoms with Gasteiger partial charge in [0.05, 0.1) is 19.1 Å². The van der Waals surface area contributed by atoms with Crippen LogP contribution in [-0.4, -0.2) is 55.0 Å². The number of nitrogens with one attached hydrogen (secondary N) is 1. The Kier molecular flexibility index (Phi) is 6.27. The van der Waals surface area contributed by atoms with E-state index >= 15 is 0 Å². The summed E-state index contributed by atoms with van der Waals surface area (Å²) in [6, 6.07) is 8.08. The van der Waals surface area contributed by atoms with Crippen molar-refractivity contribution in [3.63, 3.8) is 0 Å². The van der Waals surface area contributed by atoms with Gasteiger partial charge in [-0.3, -0.25) is 4.79 Å². The Morgan fingerprint density at radius 1 is 1.18 bits per heavy atom. The average Bonchev–Trinajstić information content (AvgIpc) is 2.94. The van der Waals surface area contributed by atoms with E-state index < -0.39 is 47.9 Å². The molecule has 9 heteroatoms. The lowest BCUT2D eigenvalue weighted by Crippen LogP contribution is -2.60. The second-order valence-corrected chi connectivity index (χ2v) is 7.23. The molecule has 0 radical (unpaired) electrons. The Morgan fingerprint density at radius 3 is 2.39 bits per heavy atom. The molecule has 0 aromatic heterocycles. The van der Waals surface area contributed by atoms with E-state index in [0.717, 1.165) is 7.11 Å². The van der Waals surface area contributed by atoms with Gasteiger partial charge in [-0.05, 0) is 32.9 Å². The lowest BCUT2D eigenvalue weighted by atomic mass is 9.95. The lowest BCUT2D eigenvalue weighted by molar-refractivity contribution is -0.155.